The molecule has 0 saturated carbocycles. The van der Waals surface area contributed by atoms with Crippen LogP contribution in [0, 0.1) is 0 Å². The summed E-state index contributed by atoms with van der Waals surface area (Å²) >= 11 is 0. The van der Waals surface area contributed by atoms with Gasteiger partial charge in [-0.25, -0.2) is 9.78 Å². The second-order valence-corrected chi connectivity index (χ2v) is 4.19. The smallest absolute Gasteiger partial charge is 0.0952 e. The summed E-state index contributed by atoms with van der Waals surface area (Å²) in [6.07, 6.45) is 0.184. The van der Waals surface area contributed by atoms with E-state index in [0.29, 0.717) is 6.42 Å². The maximum Gasteiger partial charge on any atom is 0.0952 e. The molecule has 0 fully saturated rings. The highest BCUT2D eigenvalue weighted by Crippen LogP contribution is 2.11. The molecule has 0 bridgehead atoms. The van der Waals surface area contributed by atoms with Gasteiger partial charge in [0.05, 0.1) is 17.8 Å². The molecule has 0 aliphatic rings. The first kappa shape index (κ1) is 11.9. The van der Waals surface area contributed by atoms with E-state index in [1.165, 1.54) is 0 Å². The van der Waals surface area contributed by atoms with Crippen molar-refractivity contribution in [3.63, 3.8) is 0 Å². The molecule has 0 radical (unpaired) electrons. The second kappa shape index (κ2) is 4.80. The summed E-state index contributed by atoms with van der Waals surface area (Å²) in [7, 11) is 0. The van der Waals surface area contributed by atoms with Crippen LogP contribution in [0.2, 0.25) is 0 Å². The van der Waals surface area contributed by atoms with Gasteiger partial charge in [0.15, 0.2) is 0 Å². The molecular weight excluding hydrogens is 156 g/mol. The molecule has 3 nitrogen and oxygen atoms in total. The molecule has 12 heavy (non-hydrogen) atoms. The van der Waals surface area contributed by atoms with E-state index in [1.54, 1.807) is 6.92 Å². The molecular formula is C9H20O3. The maximum absolute atomic E-state index is 9.02. The van der Waals surface area contributed by atoms with Crippen molar-refractivity contribution >= 4 is 0 Å². The molecule has 0 saturated heterocycles. The van der Waals surface area contributed by atoms with Crippen LogP contribution < -0.4 is 0 Å². The van der Waals surface area contributed by atoms with E-state index < -0.39 is 0 Å². The van der Waals surface area contributed by atoms with E-state index in [2.05, 4.69) is 0 Å². The Kier molecular flexibility index (Phi) is 4.75. The number of hydrogen-bond acceptors (Lipinski definition) is 3. The highest BCUT2D eigenvalue weighted by Gasteiger charge is 2.15. The summed E-state index contributed by atoms with van der Waals surface area (Å²) in [6.45, 7) is 9.36. The van der Waals surface area contributed by atoms with Gasteiger partial charge in [-0.2, -0.15) is 0 Å². The van der Waals surface area contributed by atoms with E-state index in [0.717, 1.165) is 0 Å². The fourth-order valence-corrected chi connectivity index (χ4v) is 0.746. The summed E-state index contributed by atoms with van der Waals surface area (Å²) in [5, 5.41) is 9.02. The zero-order chi connectivity index (χ0) is 9.78. The van der Waals surface area contributed by atoms with Gasteiger partial charge in [0.25, 0.3) is 0 Å². The zero-order valence-corrected chi connectivity index (χ0v) is 8.63. The largest absolute Gasteiger partial charge is 0.393 e. The fraction of sp³-hybridized carbons (Fsp3) is 1.00. The Bertz CT molecular complexity index is 115. The van der Waals surface area contributed by atoms with E-state index in [-0.39, 0.29) is 17.8 Å². The quantitative estimate of drug-likeness (QED) is 0.525. The molecule has 0 amide bonds. The van der Waals surface area contributed by atoms with Gasteiger partial charge in [-0.1, -0.05) is 0 Å². The number of hydrogen-bond donors (Lipinski definition) is 1. The van der Waals surface area contributed by atoms with Gasteiger partial charge in [-0.3, -0.25) is 0 Å². The average molecular weight is 176 g/mol. The lowest BCUT2D eigenvalue weighted by atomic mass is 10.2. The maximum atomic E-state index is 9.02. The van der Waals surface area contributed by atoms with Crippen molar-refractivity contribution in [3.8, 4) is 0 Å². The summed E-state index contributed by atoms with van der Waals surface area (Å²) in [5.74, 6) is 0. The van der Waals surface area contributed by atoms with Crippen LogP contribution in [0.3, 0.4) is 0 Å². The van der Waals surface area contributed by atoms with Gasteiger partial charge in [0.1, 0.15) is 0 Å². The zero-order valence-electron chi connectivity index (χ0n) is 8.63. The molecule has 0 aromatic heterocycles. The Hall–Kier alpha value is -0.120. The highest BCUT2D eigenvalue weighted by molar-refractivity contribution is 4.57. The summed E-state index contributed by atoms with van der Waals surface area (Å²) in [5.41, 5.74) is -0.285. The van der Waals surface area contributed by atoms with Crippen molar-refractivity contribution in [3.05, 3.63) is 0 Å². The van der Waals surface area contributed by atoms with Crippen molar-refractivity contribution in [1.29, 1.82) is 0 Å². The summed E-state index contributed by atoms with van der Waals surface area (Å²) < 4.78 is 0. The molecule has 0 spiro atoms. The molecule has 3 heteroatoms. The molecule has 0 aromatic rings. The molecule has 0 aliphatic heterocycles. The van der Waals surface area contributed by atoms with Crippen molar-refractivity contribution in [2.45, 2.75) is 58.8 Å². The first-order valence-corrected chi connectivity index (χ1v) is 4.34. The summed E-state index contributed by atoms with van der Waals surface area (Å²) in [4.78, 5) is 10.1. The minimum Gasteiger partial charge on any atom is -0.393 e. The second-order valence-electron chi connectivity index (χ2n) is 4.19. The Morgan fingerprint density at radius 1 is 1.25 bits per heavy atom. The Morgan fingerprint density at radius 2 is 1.75 bits per heavy atom. The standard InChI is InChI=1S/C9H20O3/c1-7(10)6-8(2)11-12-9(3,4)5/h7-8,10H,6H2,1-5H3. The highest BCUT2D eigenvalue weighted by atomic mass is 17.2. The van der Waals surface area contributed by atoms with Crippen LogP contribution >= 0.6 is 0 Å². The number of aliphatic hydroxyl groups excluding tert-OH is 1. The Labute approximate surface area is 74.6 Å². The first-order valence-electron chi connectivity index (χ1n) is 4.34. The van der Waals surface area contributed by atoms with Crippen LogP contribution in [0.25, 0.3) is 0 Å². The minimum absolute atomic E-state index is 0.0655. The fourth-order valence-electron chi connectivity index (χ4n) is 0.746. The lowest BCUT2D eigenvalue weighted by molar-refractivity contribution is -0.372. The third kappa shape index (κ3) is 7.98. The van der Waals surface area contributed by atoms with Crippen LogP contribution in [0.1, 0.15) is 41.0 Å². The van der Waals surface area contributed by atoms with Crippen LogP contribution in [-0.4, -0.2) is 22.9 Å². The Balaban J connectivity index is 3.51. The van der Waals surface area contributed by atoms with Crippen molar-refractivity contribution in [2.24, 2.45) is 0 Å². The monoisotopic (exact) mass is 176 g/mol. The minimum atomic E-state index is -0.344. The van der Waals surface area contributed by atoms with Crippen LogP contribution in [0.5, 0.6) is 0 Å². The number of aliphatic hydroxyl groups is 1. The first-order chi connectivity index (χ1) is 5.31. The Morgan fingerprint density at radius 3 is 2.08 bits per heavy atom. The van der Waals surface area contributed by atoms with Crippen molar-refractivity contribution < 1.29 is 14.9 Å². The van der Waals surface area contributed by atoms with Gasteiger partial charge in [0, 0.05) is 6.42 Å². The van der Waals surface area contributed by atoms with Gasteiger partial charge in [-0.05, 0) is 34.6 Å². The topological polar surface area (TPSA) is 38.7 Å². The third-order valence-corrected chi connectivity index (χ3v) is 1.14. The molecule has 74 valence electrons. The van der Waals surface area contributed by atoms with E-state index in [9.17, 15) is 0 Å². The summed E-state index contributed by atoms with van der Waals surface area (Å²) in [6, 6.07) is 0. The van der Waals surface area contributed by atoms with E-state index in [1.807, 2.05) is 27.7 Å². The molecule has 0 heterocycles. The van der Waals surface area contributed by atoms with E-state index in [4.69, 9.17) is 14.9 Å². The average Bonchev–Trinajstić information content (AvgIpc) is 1.80. The lowest BCUT2D eigenvalue weighted by Crippen LogP contribution is -2.24. The molecule has 2 unspecified atom stereocenters. The predicted molar refractivity (Wildman–Crippen MR) is 47.7 cm³/mol. The lowest BCUT2D eigenvalue weighted by Gasteiger charge is -2.21. The van der Waals surface area contributed by atoms with E-state index >= 15 is 0 Å². The third-order valence-electron chi connectivity index (χ3n) is 1.14. The van der Waals surface area contributed by atoms with Crippen LogP contribution in [-0.2, 0) is 9.78 Å². The van der Waals surface area contributed by atoms with Gasteiger partial charge >= 0.3 is 0 Å². The predicted octanol–water partition coefficient (Wildman–Crippen LogP) is 1.89. The SMILES string of the molecule is CC(O)CC(C)OOC(C)(C)C. The molecule has 0 aromatic carbocycles. The van der Waals surface area contributed by atoms with Crippen LogP contribution in [0.15, 0.2) is 0 Å². The van der Waals surface area contributed by atoms with Crippen molar-refractivity contribution in [2.75, 3.05) is 0 Å². The molecule has 2 atom stereocenters. The molecule has 1 N–H and O–H groups in total. The van der Waals surface area contributed by atoms with Gasteiger partial charge in [-0.15, -0.1) is 0 Å². The van der Waals surface area contributed by atoms with Crippen LogP contribution in [0.4, 0.5) is 0 Å². The van der Waals surface area contributed by atoms with Gasteiger partial charge in [0.2, 0.25) is 0 Å². The van der Waals surface area contributed by atoms with Gasteiger partial charge < -0.3 is 5.11 Å². The van der Waals surface area contributed by atoms with Crippen molar-refractivity contribution in [1.82, 2.24) is 0 Å². The molecule has 0 rings (SSSR count). The number of rotatable bonds is 4. The normalized spacial score (nSPS) is 17.5. The molecule has 0 aliphatic carbocycles.